The van der Waals surface area contributed by atoms with E-state index in [2.05, 4.69) is 19.8 Å². The molecule has 0 bridgehead atoms. The Labute approximate surface area is 175 Å². The van der Waals surface area contributed by atoms with Crippen LogP contribution in [0.25, 0.3) is 0 Å². The summed E-state index contributed by atoms with van der Waals surface area (Å²) in [6.07, 6.45) is 3.97. The fraction of sp³-hybridized carbons (Fsp3) is 0.476. The van der Waals surface area contributed by atoms with Gasteiger partial charge in [-0.05, 0) is 24.5 Å². The van der Waals surface area contributed by atoms with Gasteiger partial charge < -0.3 is 19.8 Å². The first kappa shape index (κ1) is 19.9. The Morgan fingerprint density at radius 2 is 1.86 bits per heavy atom. The average molecular weight is 416 g/mol. The average Bonchev–Trinajstić information content (AvgIpc) is 3.24. The second-order valence-electron chi connectivity index (χ2n) is 7.54. The van der Waals surface area contributed by atoms with Crippen molar-refractivity contribution in [2.75, 3.05) is 49.1 Å². The van der Waals surface area contributed by atoms with Crippen LogP contribution in [0.15, 0.2) is 36.7 Å². The summed E-state index contributed by atoms with van der Waals surface area (Å²) in [4.78, 5) is 27.7. The van der Waals surface area contributed by atoms with Crippen LogP contribution in [0.2, 0.25) is 5.02 Å². The Kier molecular flexibility index (Phi) is 6.16. The third-order valence-corrected chi connectivity index (χ3v) is 6.14. The second kappa shape index (κ2) is 8.97. The second-order valence-corrected chi connectivity index (χ2v) is 7.95. The first-order valence-corrected chi connectivity index (χ1v) is 10.5. The Bertz CT molecular complexity index is 856. The van der Waals surface area contributed by atoms with Crippen LogP contribution < -0.4 is 9.80 Å². The number of aromatic nitrogens is 2. The van der Waals surface area contributed by atoms with Crippen LogP contribution in [0.3, 0.4) is 0 Å². The summed E-state index contributed by atoms with van der Waals surface area (Å²) >= 11 is 6.19. The van der Waals surface area contributed by atoms with Crippen molar-refractivity contribution in [3.63, 3.8) is 0 Å². The summed E-state index contributed by atoms with van der Waals surface area (Å²) in [6.45, 7) is 3.83. The molecular formula is C21H26ClN5O2. The third-order valence-electron chi connectivity index (χ3n) is 5.78. The van der Waals surface area contributed by atoms with Gasteiger partial charge in [0.15, 0.2) is 0 Å². The maximum absolute atomic E-state index is 12.7. The smallest absolute Gasteiger partial charge is 0.227 e. The van der Waals surface area contributed by atoms with Crippen molar-refractivity contribution in [1.82, 2.24) is 14.9 Å². The third kappa shape index (κ3) is 4.46. The number of benzene rings is 1. The van der Waals surface area contributed by atoms with Gasteiger partial charge in [0, 0.05) is 43.8 Å². The first-order chi connectivity index (χ1) is 14.2. The molecule has 1 aromatic heterocycles. The molecule has 4 rings (SSSR count). The van der Waals surface area contributed by atoms with Crippen LogP contribution in [0.5, 0.6) is 0 Å². The number of hydrogen-bond acceptors (Lipinski definition) is 6. The molecule has 0 radical (unpaired) electrons. The van der Waals surface area contributed by atoms with Crippen LogP contribution in [0.4, 0.5) is 11.6 Å². The number of halogens is 1. The first-order valence-electron chi connectivity index (χ1n) is 10.1. The number of piperazine rings is 1. The van der Waals surface area contributed by atoms with E-state index < -0.39 is 0 Å². The zero-order valence-electron chi connectivity index (χ0n) is 16.4. The Morgan fingerprint density at radius 3 is 2.62 bits per heavy atom. The minimum Gasteiger partial charge on any atom is -0.394 e. The highest BCUT2D eigenvalue weighted by atomic mass is 35.5. The molecule has 29 heavy (non-hydrogen) atoms. The zero-order chi connectivity index (χ0) is 20.2. The molecule has 7 nitrogen and oxygen atoms in total. The Balaban J connectivity index is 1.37. The highest BCUT2D eigenvalue weighted by molar-refractivity contribution is 6.31. The van der Waals surface area contributed by atoms with Crippen molar-refractivity contribution in [1.29, 1.82) is 0 Å². The van der Waals surface area contributed by atoms with E-state index in [4.69, 9.17) is 11.6 Å². The molecule has 2 saturated heterocycles. The summed E-state index contributed by atoms with van der Waals surface area (Å²) in [7, 11) is 0. The quantitative estimate of drug-likeness (QED) is 0.805. The maximum Gasteiger partial charge on any atom is 0.227 e. The lowest BCUT2D eigenvalue weighted by atomic mass is 10.1. The van der Waals surface area contributed by atoms with Crippen molar-refractivity contribution in [3.05, 3.63) is 47.2 Å². The summed E-state index contributed by atoms with van der Waals surface area (Å²) < 4.78 is 0. The van der Waals surface area contributed by atoms with Gasteiger partial charge in [-0.25, -0.2) is 9.97 Å². The molecule has 0 aliphatic carbocycles. The van der Waals surface area contributed by atoms with Crippen molar-refractivity contribution in [2.24, 2.45) is 0 Å². The summed E-state index contributed by atoms with van der Waals surface area (Å²) in [5, 5.41) is 10.2. The Hall–Kier alpha value is -2.38. The topological polar surface area (TPSA) is 72.8 Å². The number of carbonyl (C=O) groups is 1. The normalized spacial score (nSPS) is 19.7. The molecule has 8 heteroatoms. The molecule has 0 saturated carbocycles. The molecular weight excluding hydrogens is 390 g/mol. The van der Waals surface area contributed by atoms with Gasteiger partial charge in [-0.3, -0.25) is 4.79 Å². The van der Waals surface area contributed by atoms with Gasteiger partial charge in [-0.15, -0.1) is 0 Å². The summed E-state index contributed by atoms with van der Waals surface area (Å²) in [6, 6.07) is 9.62. The minimum absolute atomic E-state index is 0.101. The van der Waals surface area contributed by atoms with Crippen molar-refractivity contribution >= 4 is 29.1 Å². The molecule has 1 unspecified atom stereocenters. The molecule has 1 aromatic carbocycles. The number of amides is 1. The van der Waals surface area contributed by atoms with Gasteiger partial charge in [0.2, 0.25) is 5.91 Å². The van der Waals surface area contributed by atoms with E-state index in [0.717, 1.165) is 49.7 Å². The fourth-order valence-corrected chi connectivity index (χ4v) is 4.30. The number of nitrogens with zero attached hydrogens (tertiary/aromatic N) is 5. The fourth-order valence-electron chi connectivity index (χ4n) is 4.10. The van der Waals surface area contributed by atoms with Crippen molar-refractivity contribution < 1.29 is 9.90 Å². The van der Waals surface area contributed by atoms with Gasteiger partial charge in [-0.1, -0.05) is 29.8 Å². The van der Waals surface area contributed by atoms with E-state index in [0.29, 0.717) is 24.5 Å². The number of anilines is 2. The van der Waals surface area contributed by atoms with Crippen LogP contribution in [0.1, 0.15) is 18.4 Å². The van der Waals surface area contributed by atoms with Crippen LogP contribution in [-0.4, -0.2) is 71.3 Å². The molecule has 2 aliphatic rings. The molecule has 2 aromatic rings. The van der Waals surface area contributed by atoms with Crippen molar-refractivity contribution in [2.45, 2.75) is 25.3 Å². The predicted octanol–water partition coefficient (Wildman–Crippen LogP) is 1.98. The number of aliphatic hydroxyl groups is 1. The van der Waals surface area contributed by atoms with E-state index in [1.54, 1.807) is 6.33 Å². The van der Waals surface area contributed by atoms with E-state index in [-0.39, 0.29) is 18.6 Å². The van der Waals surface area contributed by atoms with Gasteiger partial charge in [0.25, 0.3) is 0 Å². The molecule has 2 aliphatic heterocycles. The molecule has 2 fully saturated rings. The van der Waals surface area contributed by atoms with E-state index in [9.17, 15) is 9.90 Å². The van der Waals surface area contributed by atoms with Gasteiger partial charge in [0.1, 0.15) is 18.0 Å². The van der Waals surface area contributed by atoms with Crippen LogP contribution in [0, 0.1) is 0 Å². The Morgan fingerprint density at radius 1 is 1.10 bits per heavy atom. The number of aliphatic hydroxyl groups excluding tert-OH is 1. The molecule has 1 amide bonds. The highest BCUT2D eigenvalue weighted by Crippen LogP contribution is 2.26. The molecule has 1 atom stereocenters. The predicted molar refractivity (Wildman–Crippen MR) is 113 cm³/mol. The van der Waals surface area contributed by atoms with E-state index in [1.165, 1.54) is 0 Å². The minimum atomic E-state index is 0.101. The maximum atomic E-state index is 12.7. The summed E-state index contributed by atoms with van der Waals surface area (Å²) in [5.41, 5.74) is 0.867. The number of carbonyl (C=O) groups excluding carboxylic acids is 1. The van der Waals surface area contributed by atoms with E-state index >= 15 is 0 Å². The largest absolute Gasteiger partial charge is 0.394 e. The zero-order valence-corrected chi connectivity index (χ0v) is 17.1. The standard InChI is InChI=1S/C21H26ClN5O2/c22-18-6-2-1-4-16(18)12-21(29)26-10-8-25(9-11-26)19-13-20(24-15-23-19)27-7-3-5-17(27)14-28/h1-2,4,6,13,15,17,28H,3,5,7-12,14H2. The van der Waals surface area contributed by atoms with Crippen LogP contribution >= 0.6 is 11.6 Å². The van der Waals surface area contributed by atoms with Crippen molar-refractivity contribution in [3.8, 4) is 0 Å². The van der Waals surface area contributed by atoms with Gasteiger partial charge in [0.05, 0.1) is 19.1 Å². The van der Waals surface area contributed by atoms with Gasteiger partial charge in [-0.2, -0.15) is 0 Å². The molecule has 0 spiro atoms. The number of rotatable bonds is 5. The van der Waals surface area contributed by atoms with E-state index in [1.807, 2.05) is 35.2 Å². The number of hydrogen-bond donors (Lipinski definition) is 1. The van der Waals surface area contributed by atoms with Crippen LogP contribution in [-0.2, 0) is 11.2 Å². The summed E-state index contributed by atoms with van der Waals surface area (Å²) in [5.74, 6) is 1.84. The lowest BCUT2D eigenvalue weighted by molar-refractivity contribution is -0.130. The monoisotopic (exact) mass is 415 g/mol. The van der Waals surface area contributed by atoms with Gasteiger partial charge >= 0.3 is 0 Å². The molecule has 3 heterocycles. The molecule has 1 N–H and O–H groups in total. The molecule has 154 valence electrons. The SMILES string of the molecule is O=C(Cc1ccccc1Cl)N1CCN(c2cc(N3CCCC3CO)ncn2)CC1. The lowest BCUT2D eigenvalue weighted by Crippen LogP contribution is -2.49. The highest BCUT2D eigenvalue weighted by Gasteiger charge is 2.27. The lowest BCUT2D eigenvalue weighted by Gasteiger charge is -2.36.